The molecule has 0 aliphatic heterocycles. The molecule has 1 aromatic carbocycles. The fourth-order valence-corrected chi connectivity index (χ4v) is 2.65. The summed E-state index contributed by atoms with van der Waals surface area (Å²) < 4.78 is 7.13. The number of rotatable bonds is 5. The lowest BCUT2D eigenvalue weighted by Crippen LogP contribution is -2.11. The Hall–Kier alpha value is -2.69. The van der Waals surface area contributed by atoms with Crippen molar-refractivity contribution in [1.29, 1.82) is 0 Å². The van der Waals surface area contributed by atoms with Crippen LogP contribution in [0.4, 0.5) is 0 Å². The van der Waals surface area contributed by atoms with Crippen molar-refractivity contribution in [1.82, 2.24) is 14.6 Å². The van der Waals surface area contributed by atoms with Crippen molar-refractivity contribution in [3.8, 4) is 17.0 Å². The molecule has 1 unspecified atom stereocenters. The zero-order valence-corrected chi connectivity index (χ0v) is 14.4. The van der Waals surface area contributed by atoms with E-state index in [9.17, 15) is 4.79 Å². The molecule has 124 valence electrons. The van der Waals surface area contributed by atoms with Gasteiger partial charge in [-0.1, -0.05) is 26.0 Å². The van der Waals surface area contributed by atoms with E-state index in [1.807, 2.05) is 45.0 Å². The molecule has 5 heteroatoms. The summed E-state index contributed by atoms with van der Waals surface area (Å²) >= 11 is 0. The second-order valence-corrected chi connectivity index (χ2v) is 5.99. The third-order valence-electron chi connectivity index (χ3n) is 4.37. The molecule has 3 aromatic rings. The highest BCUT2D eigenvalue weighted by Gasteiger charge is 2.18. The minimum Gasteiger partial charge on any atom is -0.496 e. The Morgan fingerprint density at radius 3 is 2.79 bits per heavy atom. The Labute approximate surface area is 141 Å². The Morgan fingerprint density at radius 1 is 1.29 bits per heavy atom. The third-order valence-corrected chi connectivity index (χ3v) is 4.37. The zero-order chi connectivity index (χ0) is 17.3. The largest absolute Gasteiger partial charge is 0.496 e. The molecule has 24 heavy (non-hydrogen) atoms. The van der Waals surface area contributed by atoms with Crippen LogP contribution in [-0.4, -0.2) is 27.5 Å². The van der Waals surface area contributed by atoms with Gasteiger partial charge in [-0.25, -0.2) is 9.50 Å². The maximum Gasteiger partial charge on any atom is 0.185 e. The molecule has 0 aliphatic carbocycles. The molecule has 1 atom stereocenters. The number of ketones is 1. The van der Waals surface area contributed by atoms with E-state index in [0.29, 0.717) is 11.3 Å². The van der Waals surface area contributed by atoms with Gasteiger partial charge >= 0.3 is 0 Å². The predicted octanol–water partition coefficient (Wildman–Crippen LogP) is 3.94. The predicted molar refractivity (Wildman–Crippen MR) is 93.5 cm³/mol. The van der Waals surface area contributed by atoms with Crippen molar-refractivity contribution in [2.45, 2.75) is 27.2 Å². The van der Waals surface area contributed by atoms with E-state index in [0.717, 1.165) is 29.0 Å². The van der Waals surface area contributed by atoms with Crippen LogP contribution >= 0.6 is 0 Å². The van der Waals surface area contributed by atoms with Crippen LogP contribution in [0.1, 0.15) is 36.3 Å². The van der Waals surface area contributed by atoms with Crippen LogP contribution in [-0.2, 0) is 0 Å². The normalized spacial score (nSPS) is 12.3. The first-order valence-electron chi connectivity index (χ1n) is 8.09. The van der Waals surface area contributed by atoms with Crippen LogP contribution in [0.15, 0.2) is 36.5 Å². The Kier molecular flexibility index (Phi) is 4.34. The molecule has 0 fully saturated rings. The number of hydrogen-bond donors (Lipinski definition) is 0. The monoisotopic (exact) mass is 323 g/mol. The van der Waals surface area contributed by atoms with Crippen molar-refractivity contribution in [3.63, 3.8) is 0 Å². The molecule has 0 radical (unpaired) electrons. The van der Waals surface area contributed by atoms with E-state index < -0.39 is 0 Å². The third kappa shape index (κ3) is 2.77. The highest BCUT2D eigenvalue weighted by molar-refractivity contribution is 5.96. The number of aromatic nitrogens is 3. The van der Waals surface area contributed by atoms with Crippen LogP contribution < -0.4 is 4.74 Å². The molecule has 5 nitrogen and oxygen atoms in total. The quantitative estimate of drug-likeness (QED) is 0.667. The van der Waals surface area contributed by atoms with Crippen LogP contribution in [0.3, 0.4) is 0 Å². The number of carbonyl (C=O) groups excluding carboxylic acids is 1. The number of nitrogens with zero attached hydrogens (tertiary/aromatic N) is 3. The smallest absolute Gasteiger partial charge is 0.185 e. The molecular formula is C19H21N3O2. The van der Waals surface area contributed by atoms with Gasteiger partial charge in [-0.05, 0) is 31.0 Å². The maximum absolute atomic E-state index is 12.4. The molecule has 0 bridgehead atoms. The first-order valence-corrected chi connectivity index (χ1v) is 8.09. The molecule has 0 saturated heterocycles. The topological polar surface area (TPSA) is 56.5 Å². The number of hydrogen-bond acceptors (Lipinski definition) is 4. The van der Waals surface area contributed by atoms with Gasteiger partial charge in [-0.2, -0.15) is 5.10 Å². The van der Waals surface area contributed by atoms with Gasteiger partial charge < -0.3 is 4.74 Å². The van der Waals surface area contributed by atoms with Gasteiger partial charge in [0.15, 0.2) is 11.4 Å². The minimum absolute atomic E-state index is 0.0437. The molecule has 2 aromatic heterocycles. The summed E-state index contributed by atoms with van der Waals surface area (Å²) in [5, 5.41) is 4.50. The van der Waals surface area contributed by atoms with Gasteiger partial charge in [0.05, 0.1) is 12.8 Å². The van der Waals surface area contributed by atoms with Crippen LogP contribution in [0, 0.1) is 12.8 Å². The molecule has 0 saturated carbocycles. The number of aryl methyl sites for hydroxylation is 1. The summed E-state index contributed by atoms with van der Waals surface area (Å²) in [7, 11) is 1.66. The second-order valence-electron chi connectivity index (χ2n) is 5.99. The molecule has 2 heterocycles. The molecular weight excluding hydrogens is 302 g/mol. The molecule has 3 rings (SSSR count). The van der Waals surface area contributed by atoms with Gasteiger partial charge in [-0.3, -0.25) is 4.79 Å². The fraction of sp³-hybridized carbons (Fsp3) is 0.316. The highest BCUT2D eigenvalue weighted by atomic mass is 16.5. The van der Waals surface area contributed by atoms with Crippen molar-refractivity contribution < 1.29 is 9.53 Å². The average Bonchev–Trinajstić information content (AvgIpc) is 3.05. The Morgan fingerprint density at radius 2 is 2.08 bits per heavy atom. The standard InChI is InChI=1S/C19H21N3O2/c1-5-12(2)19(23)15-11-18-20-9-8-16(22(18)21-15)14-7-6-13(3)17(10-14)24-4/h6-12H,5H2,1-4H3. The molecule has 0 aliphatic rings. The van der Waals surface area contributed by atoms with Crippen LogP contribution in [0.5, 0.6) is 5.75 Å². The maximum atomic E-state index is 12.4. The van der Waals surface area contributed by atoms with E-state index in [2.05, 4.69) is 10.1 Å². The van der Waals surface area contributed by atoms with Crippen LogP contribution in [0.2, 0.25) is 0 Å². The summed E-state index contributed by atoms with van der Waals surface area (Å²) in [5.74, 6) is 0.828. The average molecular weight is 323 g/mol. The molecule has 0 spiro atoms. The zero-order valence-electron chi connectivity index (χ0n) is 14.4. The number of methoxy groups -OCH3 is 1. The van der Waals surface area contributed by atoms with Gasteiger partial charge in [0.25, 0.3) is 0 Å². The SMILES string of the molecule is CCC(C)C(=O)c1cc2nccc(-c3ccc(C)c(OC)c3)n2n1. The van der Waals surface area contributed by atoms with Crippen molar-refractivity contribution in [3.05, 3.63) is 47.8 Å². The van der Waals surface area contributed by atoms with Gasteiger partial charge in [-0.15, -0.1) is 0 Å². The van der Waals surface area contributed by atoms with E-state index in [1.165, 1.54) is 0 Å². The summed E-state index contributed by atoms with van der Waals surface area (Å²) in [6.45, 7) is 5.92. The summed E-state index contributed by atoms with van der Waals surface area (Å²) in [6.07, 6.45) is 2.53. The lowest BCUT2D eigenvalue weighted by molar-refractivity contribution is 0.0922. The summed E-state index contributed by atoms with van der Waals surface area (Å²) in [5.41, 5.74) is 4.04. The van der Waals surface area contributed by atoms with Crippen molar-refractivity contribution >= 4 is 11.4 Å². The fourth-order valence-electron chi connectivity index (χ4n) is 2.65. The van der Waals surface area contributed by atoms with Crippen molar-refractivity contribution in [2.75, 3.05) is 7.11 Å². The first kappa shape index (κ1) is 16.2. The second kappa shape index (κ2) is 6.43. The number of fused-ring (bicyclic) bond motifs is 1. The lowest BCUT2D eigenvalue weighted by Gasteiger charge is -2.09. The van der Waals surface area contributed by atoms with Gasteiger partial charge in [0.2, 0.25) is 0 Å². The van der Waals surface area contributed by atoms with Crippen molar-refractivity contribution in [2.24, 2.45) is 5.92 Å². The van der Waals surface area contributed by atoms with Gasteiger partial charge in [0, 0.05) is 23.7 Å². The minimum atomic E-state index is -0.0437. The van der Waals surface area contributed by atoms with E-state index in [-0.39, 0.29) is 11.7 Å². The lowest BCUT2D eigenvalue weighted by atomic mass is 10.0. The summed E-state index contributed by atoms with van der Waals surface area (Å²) in [4.78, 5) is 16.7. The number of benzene rings is 1. The summed E-state index contributed by atoms with van der Waals surface area (Å²) in [6, 6.07) is 9.65. The molecule has 0 amide bonds. The van der Waals surface area contributed by atoms with E-state index in [4.69, 9.17) is 4.74 Å². The van der Waals surface area contributed by atoms with E-state index in [1.54, 1.807) is 23.9 Å². The number of Topliss-reactive ketones (excluding diaryl/α,β-unsaturated/α-hetero) is 1. The Bertz CT molecular complexity index is 899. The number of carbonyl (C=O) groups is 1. The number of ether oxygens (including phenoxy) is 1. The van der Waals surface area contributed by atoms with Crippen LogP contribution in [0.25, 0.3) is 16.9 Å². The molecule has 0 N–H and O–H groups in total. The highest BCUT2D eigenvalue weighted by Crippen LogP contribution is 2.27. The van der Waals surface area contributed by atoms with E-state index >= 15 is 0 Å². The van der Waals surface area contributed by atoms with Gasteiger partial charge in [0.1, 0.15) is 11.4 Å². The Balaban J connectivity index is 2.12. The first-order chi connectivity index (χ1) is 11.5.